The van der Waals surface area contributed by atoms with E-state index in [0.29, 0.717) is 54.8 Å². The Morgan fingerprint density at radius 2 is 1.77 bits per heavy atom. The zero-order valence-corrected chi connectivity index (χ0v) is 25.0. The standard InChI is InChI=1S/C35H31ClN2O6/c1-22-26(6-3-7-28(22)25-8-9-31-34(16-25)42-13-12-41-31)21-44-33-17-32(43-20-24-5-2-4-23(14-24)18-37)27(15-29(33)36)19-38-11-10-30(38)35(39)40/h2-9,14-17,30H,10-13,19-21H2,1H3,(H,39,40). The summed E-state index contributed by atoms with van der Waals surface area (Å²) < 4.78 is 24.0. The van der Waals surface area contributed by atoms with Gasteiger partial charge in [0.25, 0.3) is 0 Å². The van der Waals surface area contributed by atoms with Gasteiger partial charge in [0.05, 0.1) is 16.7 Å². The second kappa shape index (κ2) is 12.9. The van der Waals surface area contributed by atoms with Crippen LogP contribution in [-0.2, 0) is 24.6 Å². The van der Waals surface area contributed by atoms with Crippen LogP contribution in [0.15, 0.2) is 72.8 Å². The molecule has 44 heavy (non-hydrogen) atoms. The van der Waals surface area contributed by atoms with Crippen molar-refractivity contribution in [3.63, 3.8) is 0 Å². The molecule has 4 aromatic carbocycles. The van der Waals surface area contributed by atoms with Crippen LogP contribution in [0.3, 0.4) is 0 Å². The fraction of sp³-hybridized carbons (Fsp3) is 0.257. The van der Waals surface area contributed by atoms with Crippen molar-refractivity contribution in [2.24, 2.45) is 0 Å². The number of nitriles is 1. The highest BCUT2D eigenvalue weighted by molar-refractivity contribution is 6.32. The highest BCUT2D eigenvalue weighted by Crippen LogP contribution is 2.38. The van der Waals surface area contributed by atoms with Gasteiger partial charge in [0, 0.05) is 24.7 Å². The van der Waals surface area contributed by atoms with Crippen LogP contribution in [0.1, 0.15) is 34.2 Å². The summed E-state index contributed by atoms with van der Waals surface area (Å²) in [6.07, 6.45) is 0.603. The largest absolute Gasteiger partial charge is 0.488 e. The molecule has 1 N–H and O–H groups in total. The Bertz CT molecular complexity index is 1750. The van der Waals surface area contributed by atoms with Crippen LogP contribution in [0.2, 0.25) is 5.02 Å². The molecule has 224 valence electrons. The van der Waals surface area contributed by atoms with Crippen molar-refractivity contribution < 1.29 is 28.8 Å². The predicted molar refractivity (Wildman–Crippen MR) is 165 cm³/mol. The third kappa shape index (κ3) is 6.30. The van der Waals surface area contributed by atoms with Crippen molar-refractivity contribution in [3.8, 4) is 40.2 Å². The number of hydrogen-bond acceptors (Lipinski definition) is 7. The van der Waals surface area contributed by atoms with Gasteiger partial charge in [-0.05, 0) is 71.5 Å². The Morgan fingerprint density at radius 1 is 0.977 bits per heavy atom. The first-order valence-corrected chi connectivity index (χ1v) is 14.8. The van der Waals surface area contributed by atoms with E-state index in [2.05, 4.69) is 19.1 Å². The molecule has 1 saturated heterocycles. The van der Waals surface area contributed by atoms with Crippen molar-refractivity contribution in [1.29, 1.82) is 5.26 Å². The van der Waals surface area contributed by atoms with E-state index in [1.165, 1.54) is 0 Å². The number of likely N-dealkylation sites (tertiary alicyclic amines) is 1. The van der Waals surface area contributed by atoms with Crippen molar-refractivity contribution in [2.45, 2.75) is 39.1 Å². The van der Waals surface area contributed by atoms with Gasteiger partial charge in [-0.2, -0.15) is 5.26 Å². The highest BCUT2D eigenvalue weighted by Gasteiger charge is 2.34. The Hall–Kier alpha value is -4.71. The molecule has 2 aliphatic heterocycles. The van der Waals surface area contributed by atoms with E-state index in [0.717, 1.165) is 44.9 Å². The molecular weight excluding hydrogens is 580 g/mol. The van der Waals surface area contributed by atoms with Crippen LogP contribution in [0, 0.1) is 18.3 Å². The van der Waals surface area contributed by atoms with Gasteiger partial charge in [-0.1, -0.05) is 48.0 Å². The Labute approximate surface area is 260 Å². The summed E-state index contributed by atoms with van der Waals surface area (Å²) in [4.78, 5) is 13.5. The summed E-state index contributed by atoms with van der Waals surface area (Å²) in [5.74, 6) is 1.65. The molecule has 9 heteroatoms. The van der Waals surface area contributed by atoms with Gasteiger partial charge in [0.1, 0.15) is 44.0 Å². The van der Waals surface area contributed by atoms with Crippen molar-refractivity contribution >= 4 is 17.6 Å². The zero-order valence-electron chi connectivity index (χ0n) is 24.2. The average molecular weight is 611 g/mol. The first-order valence-electron chi connectivity index (χ1n) is 14.4. The maximum absolute atomic E-state index is 11.6. The molecule has 0 amide bonds. The topological polar surface area (TPSA) is 101 Å². The molecule has 0 bridgehead atoms. The zero-order chi connectivity index (χ0) is 30.6. The van der Waals surface area contributed by atoms with Gasteiger partial charge in [-0.3, -0.25) is 9.69 Å². The quantitative estimate of drug-likeness (QED) is 0.210. The van der Waals surface area contributed by atoms with Crippen molar-refractivity contribution in [1.82, 2.24) is 4.90 Å². The van der Waals surface area contributed by atoms with E-state index in [1.807, 2.05) is 47.4 Å². The number of fused-ring (bicyclic) bond motifs is 1. The smallest absolute Gasteiger partial charge is 0.320 e. The average Bonchev–Trinajstić information content (AvgIpc) is 3.02. The Kier molecular flexibility index (Phi) is 8.60. The summed E-state index contributed by atoms with van der Waals surface area (Å²) in [6.45, 7) is 4.69. The molecule has 8 nitrogen and oxygen atoms in total. The number of hydrogen-bond donors (Lipinski definition) is 1. The molecule has 6 rings (SSSR count). The molecule has 1 unspecified atom stereocenters. The molecule has 0 saturated carbocycles. The second-order valence-electron chi connectivity index (χ2n) is 10.8. The number of nitrogens with zero attached hydrogens (tertiary/aromatic N) is 2. The number of carboxylic acids is 1. The van der Waals surface area contributed by atoms with Gasteiger partial charge < -0.3 is 24.1 Å². The minimum Gasteiger partial charge on any atom is -0.488 e. The fourth-order valence-corrected chi connectivity index (χ4v) is 5.72. The first kappa shape index (κ1) is 29.4. The molecule has 4 aromatic rings. The summed E-state index contributed by atoms with van der Waals surface area (Å²) in [7, 11) is 0. The lowest BCUT2D eigenvalue weighted by Gasteiger charge is -2.38. The van der Waals surface area contributed by atoms with Crippen LogP contribution >= 0.6 is 11.6 Å². The van der Waals surface area contributed by atoms with E-state index in [4.69, 9.17) is 30.5 Å². The van der Waals surface area contributed by atoms with Crippen LogP contribution < -0.4 is 18.9 Å². The summed E-state index contributed by atoms with van der Waals surface area (Å²) in [5, 5.41) is 19.2. The third-order valence-corrected chi connectivity index (χ3v) is 8.33. The molecule has 0 spiro atoms. The van der Waals surface area contributed by atoms with Crippen LogP contribution in [-0.4, -0.2) is 41.8 Å². The van der Waals surface area contributed by atoms with E-state index >= 15 is 0 Å². The number of halogens is 1. The van der Waals surface area contributed by atoms with Crippen LogP contribution in [0.5, 0.6) is 23.0 Å². The Morgan fingerprint density at radius 3 is 2.55 bits per heavy atom. The van der Waals surface area contributed by atoms with E-state index in [1.54, 1.807) is 24.3 Å². The molecule has 1 atom stereocenters. The number of aliphatic carboxylic acids is 1. The summed E-state index contributed by atoms with van der Waals surface area (Å²) in [6, 6.07) is 24.4. The van der Waals surface area contributed by atoms with Gasteiger partial charge in [-0.15, -0.1) is 0 Å². The van der Waals surface area contributed by atoms with Gasteiger partial charge in [0.15, 0.2) is 11.5 Å². The molecule has 0 aliphatic carbocycles. The molecule has 0 aromatic heterocycles. The van der Waals surface area contributed by atoms with Crippen molar-refractivity contribution in [2.75, 3.05) is 19.8 Å². The fourth-order valence-electron chi connectivity index (χ4n) is 5.48. The van der Waals surface area contributed by atoms with E-state index < -0.39 is 12.0 Å². The van der Waals surface area contributed by atoms with Gasteiger partial charge in [-0.25, -0.2) is 0 Å². The maximum Gasteiger partial charge on any atom is 0.320 e. The number of carboxylic acid groups (broad SMARTS) is 1. The number of rotatable bonds is 10. The normalized spacial score (nSPS) is 15.6. The number of ether oxygens (including phenoxy) is 4. The first-order chi connectivity index (χ1) is 21.4. The highest BCUT2D eigenvalue weighted by atomic mass is 35.5. The predicted octanol–water partition coefficient (Wildman–Crippen LogP) is 6.78. The SMILES string of the molecule is Cc1c(COc2cc(OCc3cccc(C#N)c3)c(CN3CCC3C(=O)O)cc2Cl)cccc1-c1ccc2c(c1)OCCO2. The molecular formula is C35H31ClN2O6. The summed E-state index contributed by atoms with van der Waals surface area (Å²) >= 11 is 6.73. The molecule has 0 radical (unpaired) electrons. The van der Waals surface area contributed by atoms with Crippen molar-refractivity contribution in [3.05, 3.63) is 106 Å². The lowest BCUT2D eigenvalue weighted by Crippen LogP contribution is -2.51. The molecule has 2 heterocycles. The monoisotopic (exact) mass is 610 g/mol. The second-order valence-corrected chi connectivity index (χ2v) is 11.2. The number of carbonyl (C=O) groups is 1. The van der Waals surface area contributed by atoms with E-state index in [9.17, 15) is 15.2 Å². The maximum atomic E-state index is 11.6. The lowest BCUT2D eigenvalue weighted by molar-refractivity contribution is -0.148. The van der Waals surface area contributed by atoms with Gasteiger partial charge >= 0.3 is 5.97 Å². The van der Waals surface area contributed by atoms with Crippen LogP contribution in [0.25, 0.3) is 11.1 Å². The van der Waals surface area contributed by atoms with Crippen LogP contribution in [0.4, 0.5) is 0 Å². The Balaban J connectivity index is 1.24. The van der Waals surface area contributed by atoms with Gasteiger partial charge in [0.2, 0.25) is 0 Å². The summed E-state index contributed by atoms with van der Waals surface area (Å²) in [5.41, 5.74) is 6.31. The third-order valence-electron chi connectivity index (χ3n) is 8.04. The lowest BCUT2D eigenvalue weighted by atomic mass is 9.96. The minimum atomic E-state index is -0.841. The van der Waals surface area contributed by atoms with E-state index in [-0.39, 0.29) is 13.2 Å². The molecule has 2 aliphatic rings. The molecule has 1 fully saturated rings. The number of benzene rings is 4. The minimum absolute atomic E-state index is 0.225.